The molecule has 0 bridgehead atoms. The Morgan fingerprint density at radius 2 is 2.21 bits per heavy atom. The zero-order chi connectivity index (χ0) is 10.1. The van der Waals surface area contributed by atoms with Crippen LogP contribution in [0.25, 0.3) is 6.08 Å². The Labute approximate surface area is 83.8 Å². The van der Waals surface area contributed by atoms with E-state index >= 15 is 0 Å². The molecule has 0 fully saturated rings. The van der Waals surface area contributed by atoms with Gasteiger partial charge in [0.2, 0.25) is 0 Å². The summed E-state index contributed by atoms with van der Waals surface area (Å²) in [5, 5.41) is 0. The Hall–Kier alpha value is -1.57. The van der Waals surface area contributed by atoms with E-state index < -0.39 is 0 Å². The van der Waals surface area contributed by atoms with E-state index in [2.05, 4.69) is 17.1 Å². The highest BCUT2D eigenvalue weighted by molar-refractivity contribution is 6.01. The number of Topliss-reactive ketones (excluding diaryl/α,β-unsaturated/α-hetero) is 1. The molecule has 0 spiro atoms. The number of para-hydroxylation sites is 1. The number of hydrogen-bond acceptors (Lipinski definition) is 2. The summed E-state index contributed by atoms with van der Waals surface area (Å²) in [5.74, 6) is 0.129. The molecule has 72 valence electrons. The van der Waals surface area contributed by atoms with Gasteiger partial charge < -0.3 is 4.90 Å². The van der Waals surface area contributed by atoms with Crippen LogP contribution in [0.15, 0.2) is 24.3 Å². The average Bonchev–Trinajstić information content (AvgIpc) is 2.17. The highest BCUT2D eigenvalue weighted by Crippen LogP contribution is 2.28. The van der Waals surface area contributed by atoms with Gasteiger partial charge in [-0.1, -0.05) is 24.3 Å². The summed E-state index contributed by atoms with van der Waals surface area (Å²) in [6.07, 6.45) is 4.17. The van der Waals surface area contributed by atoms with Gasteiger partial charge in [-0.15, -0.1) is 0 Å². The smallest absolute Gasteiger partial charge is 0.161 e. The number of hydrogen-bond donors (Lipinski definition) is 0. The van der Waals surface area contributed by atoms with Gasteiger partial charge in [0, 0.05) is 19.2 Å². The van der Waals surface area contributed by atoms with E-state index in [0.717, 1.165) is 23.4 Å². The van der Waals surface area contributed by atoms with Crippen LogP contribution in [0.3, 0.4) is 0 Å². The van der Waals surface area contributed by atoms with Crippen molar-refractivity contribution in [3.05, 3.63) is 35.4 Å². The Kier molecular flexibility index (Phi) is 2.12. The topological polar surface area (TPSA) is 20.3 Å². The predicted octanol–water partition coefficient (Wildman–Crippen LogP) is 2.35. The fourth-order valence-corrected chi connectivity index (χ4v) is 1.84. The van der Waals surface area contributed by atoms with Gasteiger partial charge in [0.05, 0.1) is 5.69 Å². The first-order valence-electron chi connectivity index (χ1n) is 4.72. The van der Waals surface area contributed by atoms with E-state index in [1.165, 1.54) is 0 Å². The molecule has 0 unspecified atom stereocenters. The third-order valence-electron chi connectivity index (χ3n) is 2.50. The Morgan fingerprint density at radius 1 is 1.43 bits per heavy atom. The largest absolute Gasteiger partial charge is 0.370 e. The minimum atomic E-state index is 0.129. The number of benzene rings is 1. The van der Waals surface area contributed by atoms with E-state index in [1.807, 2.05) is 25.2 Å². The van der Waals surface area contributed by atoms with Crippen molar-refractivity contribution < 1.29 is 4.79 Å². The van der Waals surface area contributed by atoms with E-state index in [1.54, 1.807) is 6.92 Å². The van der Waals surface area contributed by atoms with Crippen LogP contribution in [0.2, 0.25) is 0 Å². The molecule has 1 aliphatic rings. The van der Waals surface area contributed by atoms with Crippen molar-refractivity contribution >= 4 is 17.5 Å². The van der Waals surface area contributed by atoms with Crippen molar-refractivity contribution in [2.75, 3.05) is 18.5 Å². The second kappa shape index (κ2) is 3.29. The summed E-state index contributed by atoms with van der Waals surface area (Å²) >= 11 is 0. The number of anilines is 1. The number of ketones is 1. The van der Waals surface area contributed by atoms with Crippen LogP contribution in [0, 0.1) is 0 Å². The van der Waals surface area contributed by atoms with Gasteiger partial charge >= 0.3 is 0 Å². The van der Waals surface area contributed by atoms with Crippen LogP contribution in [0.4, 0.5) is 5.69 Å². The quantitative estimate of drug-likeness (QED) is 0.629. The molecule has 0 saturated carbocycles. The Balaban J connectivity index is 2.64. The molecular weight excluding hydrogens is 174 g/mol. The maximum Gasteiger partial charge on any atom is 0.161 e. The first-order valence-corrected chi connectivity index (χ1v) is 4.72. The monoisotopic (exact) mass is 187 g/mol. The minimum Gasteiger partial charge on any atom is -0.370 e. The molecule has 2 nitrogen and oxygen atoms in total. The molecule has 1 heterocycles. The van der Waals surface area contributed by atoms with Gasteiger partial charge in [-0.25, -0.2) is 0 Å². The summed E-state index contributed by atoms with van der Waals surface area (Å²) in [5.41, 5.74) is 3.00. The molecule has 2 heteroatoms. The lowest BCUT2D eigenvalue weighted by molar-refractivity contribution is 0.101. The SMILES string of the molecule is CC(=O)c1cccc2c1N(C)CC=C2. The molecule has 0 atom stereocenters. The molecule has 1 aromatic rings. The number of fused-ring (bicyclic) bond motifs is 1. The van der Waals surface area contributed by atoms with Crippen LogP contribution in [0.1, 0.15) is 22.8 Å². The van der Waals surface area contributed by atoms with Gasteiger partial charge in [-0.3, -0.25) is 4.79 Å². The third-order valence-corrected chi connectivity index (χ3v) is 2.50. The molecule has 0 saturated heterocycles. The lowest BCUT2D eigenvalue weighted by atomic mass is 10.0. The van der Waals surface area contributed by atoms with Crippen LogP contribution in [0.5, 0.6) is 0 Å². The summed E-state index contributed by atoms with van der Waals surface area (Å²) < 4.78 is 0. The van der Waals surface area contributed by atoms with E-state index in [4.69, 9.17) is 0 Å². The fourth-order valence-electron chi connectivity index (χ4n) is 1.84. The maximum absolute atomic E-state index is 11.4. The van der Waals surface area contributed by atoms with Crippen molar-refractivity contribution in [2.45, 2.75) is 6.92 Å². The van der Waals surface area contributed by atoms with E-state index in [9.17, 15) is 4.79 Å². The lowest BCUT2D eigenvalue weighted by Gasteiger charge is -2.25. The van der Waals surface area contributed by atoms with Gasteiger partial charge in [-0.05, 0) is 18.6 Å². The number of rotatable bonds is 1. The summed E-state index contributed by atoms with van der Waals surface area (Å²) in [6.45, 7) is 2.49. The van der Waals surface area contributed by atoms with Crippen molar-refractivity contribution in [3.63, 3.8) is 0 Å². The number of nitrogens with zero attached hydrogens (tertiary/aromatic N) is 1. The normalized spacial score (nSPS) is 14.0. The summed E-state index contributed by atoms with van der Waals surface area (Å²) in [4.78, 5) is 13.5. The predicted molar refractivity (Wildman–Crippen MR) is 58.8 cm³/mol. The maximum atomic E-state index is 11.4. The van der Waals surface area contributed by atoms with Gasteiger partial charge in [0.25, 0.3) is 0 Å². The molecule has 14 heavy (non-hydrogen) atoms. The molecule has 0 radical (unpaired) electrons. The van der Waals surface area contributed by atoms with E-state index in [-0.39, 0.29) is 5.78 Å². The first kappa shape index (κ1) is 9.00. The van der Waals surface area contributed by atoms with Crippen molar-refractivity contribution in [1.29, 1.82) is 0 Å². The average molecular weight is 187 g/mol. The van der Waals surface area contributed by atoms with Gasteiger partial charge in [0.1, 0.15) is 0 Å². The molecular formula is C12H13NO. The van der Waals surface area contributed by atoms with Gasteiger partial charge in [-0.2, -0.15) is 0 Å². The van der Waals surface area contributed by atoms with Crippen LogP contribution in [-0.4, -0.2) is 19.4 Å². The highest BCUT2D eigenvalue weighted by atomic mass is 16.1. The molecule has 0 amide bonds. The number of likely N-dealkylation sites (N-methyl/N-ethyl adjacent to an activating group) is 1. The van der Waals surface area contributed by atoms with E-state index in [0.29, 0.717) is 0 Å². The standard InChI is InChI=1S/C12H13NO/c1-9(14)11-7-3-5-10-6-4-8-13(2)12(10)11/h3-7H,8H2,1-2H3. The summed E-state index contributed by atoms with van der Waals surface area (Å²) in [7, 11) is 2.01. The zero-order valence-electron chi connectivity index (χ0n) is 8.45. The van der Waals surface area contributed by atoms with Crippen LogP contribution >= 0.6 is 0 Å². The molecule has 1 aromatic carbocycles. The zero-order valence-corrected chi connectivity index (χ0v) is 8.45. The van der Waals surface area contributed by atoms with Crippen molar-refractivity contribution in [1.82, 2.24) is 0 Å². The fraction of sp³-hybridized carbons (Fsp3) is 0.250. The van der Waals surface area contributed by atoms with Gasteiger partial charge in [0.15, 0.2) is 5.78 Å². The van der Waals surface area contributed by atoms with Crippen LogP contribution < -0.4 is 4.90 Å². The molecule has 0 N–H and O–H groups in total. The highest BCUT2D eigenvalue weighted by Gasteiger charge is 2.15. The minimum absolute atomic E-state index is 0.129. The molecule has 2 rings (SSSR count). The third kappa shape index (κ3) is 1.33. The Morgan fingerprint density at radius 3 is 2.93 bits per heavy atom. The molecule has 0 aliphatic carbocycles. The van der Waals surface area contributed by atoms with Crippen molar-refractivity contribution in [2.24, 2.45) is 0 Å². The number of carbonyl (C=O) groups is 1. The second-order valence-corrected chi connectivity index (χ2v) is 3.58. The summed E-state index contributed by atoms with van der Waals surface area (Å²) in [6, 6.07) is 5.85. The van der Waals surface area contributed by atoms with Crippen LogP contribution in [-0.2, 0) is 0 Å². The number of carbonyl (C=O) groups excluding carboxylic acids is 1. The molecule has 1 aliphatic heterocycles. The van der Waals surface area contributed by atoms with Crippen molar-refractivity contribution in [3.8, 4) is 0 Å². The Bertz CT molecular complexity index is 407. The lowest BCUT2D eigenvalue weighted by Crippen LogP contribution is -2.22. The molecule has 0 aromatic heterocycles. The first-order chi connectivity index (χ1) is 6.70. The second-order valence-electron chi connectivity index (χ2n) is 3.58.